The van der Waals surface area contributed by atoms with Crippen LogP contribution in [0.1, 0.15) is 11.7 Å². The van der Waals surface area contributed by atoms with E-state index in [4.69, 9.17) is 63.1 Å². The van der Waals surface area contributed by atoms with Gasteiger partial charge in [0.2, 0.25) is 0 Å². The zero-order valence-corrected chi connectivity index (χ0v) is 14.7. The Kier molecular flexibility index (Phi) is 5.67. The van der Waals surface area contributed by atoms with Crippen LogP contribution in [0.5, 0.6) is 0 Å². The van der Waals surface area contributed by atoms with E-state index in [-0.39, 0.29) is 41.8 Å². The molecule has 1 atom stereocenters. The zero-order valence-electron chi connectivity index (χ0n) is 10.9. The molecule has 0 aromatic heterocycles. The van der Waals surface area contributed by atoms with E-state index in [0.29, 0.717) is 0 Å². The molecule has 0 heterocycles. The lowest BCUT2D eigenvalue weighted by atomic mass is 9.95. The summed E-state index contributed by atoms with van der Waals surface area (Å²) in [4.78, 5) is 11.0. The molecule has 0 aliphatic rings. The van der Waals surface area contributed by atoms with E-state index in [0.717, 1.165) is 12.1 Å². The molecule has 0 spiro atoms. The number of benzene rings is 2. The Balaban J connectivity index is 2.86. The summed E-state index contributed by atoms with van der Waals surface area (Å²) < 4.78 is 13.5. The first kappa shape index (κ1) is 18.6. The van der Waals surface area contributed by atoms with Crippen LogP contribution in [-0.4, -0.2) is 16.2 Å². The first-order valence-electron chi connectivity index (χ1n) is 5.89. The Morgan fingerprint density at radius 2 is 1.43 bits per heavy atom. The van der Waals surface area contributed by atoms with Crippen LogP contribution in [0.4, 0.5) is 4.39 Å². The molecular weight excluding hydrogens is 412 g/mol. The van der Waals surface area contributed by atoms with Crippen LogP contribution < -0.4 is 0 Å². The third kappa shape index (κ3) is 3.38. The Labute approximate surface area is 155 Å². The fraction of sp³-hybridized carbons (Fsp3) is 0.0714. The molecule has 0 radical (unpaired) electrons. The molecule has 0 amide bonds. The second kappa shape index (κ2) is 7.01. The van der Waals surface area contributed by atoms with Crippen molar-refractivity contribution >= 4 is 64.0 Å². The minimum Gasteiger partial charge on any atom is -0.479 e. The van der Waals surface area contributed by atoms with Crippen molar-refractivity contribution in [3.8, 4) is 11.1 Å². The molecule has 2 rings (SSSR count). The molecule has 0 aliphatic carbocycles. The Morgan fingerprint density at radius 1 is 0.957 bits per heavy atom. The van der Waals surface area contributed by atoms with Crippen LogP contribution in [0, 0.1) is 5.82 Å². The van der Waals surface area contributed by atoms with Gasteiger partial charge in [-0.3, -0.25) is 0 Å². The smallest absolute Gasteiger partial charge is 0.337 e. The highest BCUT2D eigenvalue weighted by molar-refractivity contribution is 6.56. The van der Waals surface area contributed by atoms with Gasteiger partial charge in [-0.15, -0.1) is 0 Å². The molecule has 0 aliphatic heterocycles. The van der Waals surface area contributed by atoms with Crippen LogP contribution in [0.25, 0.3) is 11.1 Å². The van der Waals surface area contributed by atoms with Gasteiger partial charge in [0.25, 0.3) is 0 Å². The molecule has 3 nitrogen and oxygen atoms in total. The molecule has 122 valence electrons. The second-order valence-electron chi connectivity index (χ2n) is 4.42. The van der Waals surface area contributed by atoms with E-state index >= 15 is 0 Å². The Bertz CT molecular complexity index is 780. The summed E-state index contributed by atoms with van der Waals surface area (Å²) in [6, 6.07) is 3.12. The summed E-state index contributed by atoms with van der Waals surface area (Å²) in [7, 11) is 0. The van der Waals surface area contributed by atoms with Crippen molar-refractivity contribution < 1.29 is 19.4 Å². The van der Waals surface area contributed by atoms with Gasteiger partial charge >= 0.3 is 5.97 Å². The average molecular weight is 418 g/mol. The zero-order chi connectivity index (χ0) is 17.5. The topological polar surface area (TPSA) is 57.5 Å². The lowest BCUT2D eigenvalue weighted by Crippen LogP contribution is -2.12. The van der Waals surface area contributed by atoms with Crippen molar-refractivity contribution in [3.63, 3.8) is 0 Å². The summed E-state index contributed by atoms with van der Waals surface area (Å²) in [5, 5.41) is 18.3. The number of halogens is 6. The van der Waals surface area contributed by atoms with Crippen molar-refractivity contribution in [2.24, 2.45) is 0 Å². The first-order chi connectivity index (χ1) is 10.7. The molecular formula is C14H6Cl5FO3. The lowest BCUT2D eigenvalue weighted by Gasteiger charge is -2.17. The third-order valence-electron chi connectivity index (χ3n) is 3.02. The summed E-state index contributed by atoms with van der Waals surface area (Å²) in [5.74, 6) is -2.32. The van der Waals surface area contributed by atoms with E-state index in [1.807, 2.05) is 0 Å². The first-order valence-corrected chi connectivity index (χ1v) is 7.78. The Hall–Kier alpha value is -0.750. The van der Waals surface area contributed by atoms with Crippen LogP contribution in [0.2, 0.25) is 25.1 Å². The predicted molar refractivity (Wildman–Crippen MR) is 89.5 cm³/mol. The van der Waals surface area contributed by atoms with Crippen LogP contribution in [-0.2, 0) is 4.79 Å². The van der Waals surface area contributed by atoms with E-state index in [1.54, 1.807) is 0 Å². The molecule has 0 fully saturated rings. The standard InChI is InChI=1S/C14H6Cl5FO3/c15-8-7(9(16)11(18)12(19)10(8)17)5-2-1-4(20)3-6(5)13(21)14(22)23/h1-3,13,21H,(H,22,23). The van der Waals surface area contributed by atoms with Gasteiger partial charge in [-0.1, -0.05) is 64.1 Å². The highest BCUT2D eigenvalue weighted by Gasteiger charge is 2.26. The van der Waals surface area contributed by atoms with Gasteiger partial charge in [0.1, 0.15) is 5.82 Å². The molecule has 2 aromatic carbocycles. The minimum absolute atomic E-state index is 0.0445. The molecule has 23 heavy (non-hydrogen) atoms. The maximum Gasteiger partial charge on any atom is 0.337 e. The molecule has 2 aromatic rings. The number of hydrogen-bond acceptors (Lipinski definition) is 2. The third-order valence-corrected chi connectivity index (χ3v) is 5.30. The normalized spacial score (nSPS) is 12.3. The molecule has 0 saturated heterocycles. The highest BCUT2D eigenvalue weighted by Crippen LogP contribution is 2.49. The Morgan fingerprint density at radius 3 is 1.91 bits per heavy atom. The van der Waals surface area contributed by atoms with Gasteiger partial charge in [-0.25, -0.2) is 9.18 Å². The maximum atomic E-state index is 13.5. The lowest BCUT2D eigenvalue weighted by molar-refractivity contribution is -0.146. The minimum atomic E-state index is -2.00. The fourth-order valence-corrected chi connectivity index (χ4v) is 3.30. The molecule has 0 saturated carbocycles. The monoisotopic (exact) mass is 416 g/mol. The number of rotatable bonds is 3. The summed E-state index contributed by atoms with van der Waals surface area (Å²) >= 11 is 30.1. The van der Waals surface area contributed by atoms with Crippen molar-refractivity contribution in [2.75, 3.05) is 0 Å². The predicted octanol–water partition coefficient (Wildman–Crippen LogP) is 5.88. The van der Waals surface area contributed by atoms with Crippen molar-refractivity contribution in [3.05, 3.63) is 54.7 Å². The average Bonchev–Trinajstić information content (AvgIpc) is 2.51. The molecule has 9 heteroatoms. The van der Waals surface area contributed by atoms with Crippen LogP contribution in [0.3, 0.4) is 0 Å². The number of carbonyl (C=O) groups is 1. The van der Waals surface area contributed by atoms with Gasteiger partial charge in [0.15, 0.2) is 6.10 Å². The molecule has 1 unspecified atom stereocenters. The van der Waals surface area contributed by atoms with Crippen molar-refractivity contribution in [1.82, 2.24) is 0 Å². The molecule has 2 N–H and O–H groups in total. The van der Waals surface area contributed by atoms with Gasteiger partial charge < -0.3 is 10.2 Å². The summed E-state index contributed by atoms with van der Waals surface area (Å²) in [6.45, 7) is 0. The SMILES string of the molecule is O=C(O)C(O)c1cc(F)ccc1-c1c(Cl)c(Cl)c(Cl)c(Cl)c1Cl. The summed E-state index contributed by atoms with van der Waals surface area (Å²) in [6.07, 6.45) is -2.00. The molecule has 0 bridgehead atoms. The largest absolute Gasteiger partial charge is 0.479 e. The van der Waals surface area contributed by atoms with Crippen molar-refractivity contribution in [2.45, 2.75) is 6.10 Å². The van der Waals surface area contributed by atoms with E-state index in [2.05, 4.69) is 0 Å². The number of aliphatic hydroxyl groups is 1. The van der Waals surface area contributed by atoms with E-state index in [1.165, 1.54) is 6.07 Å². The van der Waals surface area contributed by atoms with Gasteiger partial charge in [-0.2, -0.15) is 0 Å². The number of aliphatic carboxylic acids is 1. The quantitative estimate of drug-likeness (QED) is 0.484. The van der Waals surface area contributed by atoms with E-state index in [9.17, 15) is 14.3 Å². The van der Waals surface area contributed by atoms with Crippen molar-refractivity contribution in [1.29, 1.82) is 0 Å². The second-order valence-corrected chi connectivity index (χ2v) is 6.31. The number of hydrogen-bond donors (Lipinski definition) is 2. The number of carboxylic acids is 1. The van der Waals surface area contributed by atoms with Crippen LogP contribution >= 0.6 is 58.0 Å². The fourth-order valence-electron chi connectivity index (χ4n) is 1.96. The van der Waals surface area contributed by atoms with E-state index < -0.39 is 17.9 Å². The summed E-state index contributed by atoms with van der Waals surface area (Å²) in [5.41, 5.74) is -0.143. The number of carboxylic acid groups (broad SMARTS) is 1. The maximum absolute atomic E-state index is 13.5. The van der Waals surface area contributed by atoms with Gasteiger partial charge in [0, 0.05) is 11.1 Å². The highest BCUT2D eigenvalue weighted by atomic mass is 35.5. The van der Waals surface area contributed by atoms with Gasteiger partial charge in [0.05, 0.1) is 25.1 Å². The van der Waals surface area contributed by atoms with Gasteiger partial charge in [-0.05, 0) is 17.7 Å². The van der Waals surface area contributed by atoms with Crippen LogP contribution in [0.15, 0.2) is 18.2 Å². The number of aliphatic hydroxyl groups excluding tert-OH is 1.